The molecule has 0 atom stereocenters. The molecule has 0 spiro atoms. The molecule has 0 radical (unpaired) electrons. The summed E-state index contributed by atoms with van der Waals surface area (Å²) < 4.78 is 0. The van der Waals surface area contributed by atoms with E-state index in [0.717, 1.165) is 11.1 Å². The molecule has 1 rings (SSSR count). The Morgan fingerprint density at radius 3 is 1.17 bits per heavy atom. The summed E-state index contributed by atoms with van der Waals surface area (Å²) in [4.78, 5) is 22.6. The summed E-state index contributed by atoms with van der Waals surface area (Å²) in [6.07, 6.45) is 0. The van der Waals surface area contributed by atoms with E-state index in [1.807, 2.05) is 0 Å². The molecule has 12 heavy (non-hydrogen) atoms. The lowest BCUT2D eigenvalue weighted by molar-refractivity contribution is 1.21. The van der Waals surface area contributed by atoms with Crippen molar-refractivity contribution in [1.29, 1.82) is 0 Å². The van der Waals surface area contributed by atoms with Crippen LogP contribution in [0, 0.1) is 0 Å². The average Bonchev–Trinajstić information content (AvgIpc) is 1.84. The van der Waals surface area contributed by atoms with E-state index >= 15 is 0 Å². The van der Waals surface area contributed by atoms with Crippen LogP contribution in [0.5, 0.6) is 0 Å². The molecule has 0 aliphatic carbocycles. The zero-order valence-corrected chi connectivity index (χ0v) is 7.82. The first-order valence-corrected chi connectivity index (χ1v) is 3.91. The molecule has 0 heterocycles. The highest BCUT2D eigenvalue weighted by molar-refractivity contribution is 5.46. The summed E-state index contributed by atoms with van der Waals surface area (Å²) in [6, 6.07) is 0. The fraction of sp³-hybridized carbons (Fsp3) is 0.400. The van der Waals surface area contributed by atoms with Crippen LogP contribution in [0.1, 0.15) is 27.7 Å². The lowest BCUT2D eigenvalue weighted by Gasteiger charge is -1.95. The van der Waals surface area contributed by atoms with Crippen LogP contribution < -0.4 is 21.3 Å². The van der Waals surface area contributed by atoms with Crippen LogP contribution in [0.25, 0.3) is 11.1 Å². The number of rotatable bonds is 0. The second kappa shape index (κ2) is 2.70. The first kappa shape index (κ1) is 8.91. The Hall–Kier alpha value is -1.18. The molecule has 0 N–H and O–H groups in total. The van der Waals surface area contributed by atoms with Crippen LogP contribution in [0.3, 0.4) is 0 Å². The van der Waals surface area contributed by atoms with E-state index in [2.05, 4.69) is 0 Å². The molecule has 1 aromatic carbocycles. The van der Waals surface area contributed by atoms with E-state index in [4.69, 9.17) is 0 Å². The molecule has 0 aliphatic heterocycles. The minimum absolute atomic E-state index is 0.0833. The van der Waals surface area contributed by atoms with E-state index in [1.165, 1.54) is 0 Å². The summed E-state index contributed by atoms with van der Waals surface area (Å²) >= 11 is 0. The maximum Gasteiger partial charge on any atom is 0.200 e. The van der Waals surface area contributed by atoms with Gasteiger partial charge >= 0.3 is 0 Å². The Morgan fingerprint density at radius 2 is 1.00 bits per heavy atom. The Balaban J connectivity index is 3.87. The van der Waals surface area contributed by atoms with E-state index in [-0.39, 0.29) is 10.9 Å². The third kappa shape index (κ3) is 1.04. The fourth-order valence-corrected chi connectivity index (χ4v) is 1.30. The van der Waals surface area contributed by atoms with E-state index in [1.54, 1.807) is 27.7 Å². The summed E-state index contributed by atoms with van der Waals surface area (Å²) in [6.45, 7) is 7.14. The molecule has 0 unspecified atom stereocenters. The Bertz CT molecular complexity index is 415. The molecule has 2 nitrogen and oxygen atoms in total. The van der Waals surface area contributed by atoms with Crippen molar-refractivity contribution in [3.8, 4) is 0 Å². The first-order chi connectivity index (χ1) is 5.46. The van der Waals surface area contributed by atoms with Crippen LogP contribution in [0.4, 0.5) is 0 Å². The molecule has 0 aliphatic rings. The van der Waals surface area contributed by atoms with E-state index < -0.39 is 0 Å². The summed E-state index contributed by atoms with van der Waals surface area (Å²) in [7, 11) is 0. The maximum atomic E-state index is 11.3. The smallest absolute Gasteiger partial charge is 0.200 e. The van der Waals surface area contributed by atoms with Gasteiger partial charge in [-0.2, -0.15) is 0 Å². The standard InChI is InChI=1S/C10H12O2/c1-5(2)7-9(11)8(6(3)4)10(7)12/h1-4H3. The van der Waals surface area contributed by atoms with Gasteiger partial charge in [0.1, 0.15) is 0 Å². The predicted molar refractivity (Wildman–Crippen MR) is 50.1 cm³/mol. The largest absolute Gasteiger partial charge is 0.288 e. The highest BCUT2D eigenvalue weighted by atomic mass is 16.1. The van der Waals surface area contributed by atoms with Crippen LogP contribution in [0.15, 0.2) is 9.59 Å². The molecule has 0 aromatic heterocycles. The normalized spacial score (nSPS) is 10.3. The lowest BCUT2D eigenvalue weighted by atomic mass is 10.1. The maximum absolute atomic E-state index is 11.3. The van der Waals surface area contributed by atoms with Gasteiger partial charge in [0.25, 0.3) is 0 Å². The van der Waals surface area contributed by atoms with Gasteiger partial charge in [-0.05, 0) is 27.7 Å². The molecular formula is C10H12O2. The second-order valence-electron chi connectivity index (χ2n) is 3.41. The van der Waals surface area contributed by atoms with Crippen molar-refractivity contribution in [1.82, 2.24) is 0 Å². The van der Waals surface area contributed by atoms with Gasteiger partial charge < -0.3 is 0 Å². The van der Waals surface area contributed by atoms with Gasteiger partial charge in [0.05, 0.1) is 10.4 Å². The van der Waals surface area contributed by atoms with Crippen LogP contribution in [-0.4, -0.2) is 0 Å². The van der Waals surface area contributed by atoms with Crippen molar-refractivity contribution < 1.29 is 0 Å². The minimum Gasteiger partial charge on any atom is -0.288 e. The quantitative estimate of drug-likeness (QED) is 0.526. The van der Waals surface area contributed by atoms with Gasteiger partial charge in [0.15, 0.2) is 0 Å². The molecule has 2 heteroatoms. The molecule has 1 aromatic rings. The van der Waals surface area contributed by atoms with Crippen LogP contribution in [0.2, 0.25) is 0 Å². The van der Waals surface area contributed by atoms with Gasteiger partial charge in [0.2, 0.25) is 10.9 Å². The van der Waals surface area contributed by atoms with Crippen molar-refractivity contribution in [2.45, 2.75) is 27.7 Å². The van der Waals surface area contributed by atoms with E-state index in [0.29, 0.717) is 10.4 Å². The topological polar surface area (TPSA) is 34.1 Å². The van der Waals surface area contributed by atoms with Gasteiger partial charge in [-0.1, -0.05) is 11.1 Å². The van der Waals surface area contributed by atoms with Gasteiger partial charge in [0, 0.05) is 0 Å². The zero-order valence-electron chi connectivity index (χ0n) is 7.82. The SMILES string of the molecule is CC(C)=c1c(=O)c(=C(C)C)c1=O. The molecule has 0 fully saturated rings. The third-order valence-electron chi connectivity index (χ3n) is 1.91. The Kier molecular flexibility index (Phi) is 2.01. The van der Waals surface area contributed by atoms with Crippen molar-refractivity contribution in [2.75, 3.05) is 0 Å². The van der Waals surface area contributed by atoms with Crippen molar-refractivity contribution in [2.24, 2.45) is 0 Å². The third-order valence-corrected chi connectivity index (χ3v) is 1.91. The molecule has 0 amide bonds. The van der Waals surface area contributed by atoms with Crippen LogP contribution in [-0.2, 0) is 0 Å². The molecule has 64 valence electrons. The fourth-order valence-electron chi connectivity index (χ4n) is 1.30. The molecule has 0 saturated carbocycles. The van der Waals surface area contributed by atoms with Gasteiger partial charge in [-0.3, -0.25) is 9.59 Å². The van der Waals surface area contributed by atoms with E-state index in [9.17, 15) is 9.59 Å². The second-order valence-corrected chi connectivity index (χ2v) is 3.41. The summed E-state index contributed by atoms with van der Waals surface area (Å²) in [5.74, 6) is 0. The van der Waals surface area contributed by atoms with Gasteiger partial charge in [-0.25, -0.2) is 0 Å². The number of hydrogen-bond donors (Lipinski definition) is 0. The predicted octanol–water partition coefficient (Wildman–Crippen LogP) is -0.336. The molecular weight excluding hydrogens is 152 g/mol. The monoisotopic (exact) mass is 164 g/mol. The summed E-state index contributed by atoms with van der Waals surface area (Å²) in [5, 5.41) is 0.761. The first-order valence-electron chi connectivity index (χ1n) is 3.91. The van der Waals surface area contributed by atoms with Crippen molar-refractivity contribution >= 4 is 11.1 Å². The number of hydrogen-bond acceptors (Lipinski definition) is 2. The van der Waals surface area contributed by atoms with Crippen LogP contribution >= 0.6 is 0 Å². The zero-order chi connectivity index (χ0) is 9.46. The Labute approximate surface area is 70.5 Å². The summed E-state index contributed by atoms with van der Waals surface area (Å²) in [5.41, 5.74) is 1.46. The highest BCUT2D eigenvalue weighted by Gasteiger charge is 2.09. The van der Waals surface area contributed by atoms with Crippen molar-refractivity contribution in [3.63, 3.8) is 0 Å². The average molecular weight is 164 g/mol. The molecule has 0 saturated heterocycles. The minimum atomic E-state index is -0.0833. The lowest BCUT2D eigenvalue weighted by Crippen LogP contribution is -2.65. The van der Waals surface area contributed by atoms with Gasteiger partial charge in [-0.15, -0.1) is 0 Å². The molecule has 0 bridgehead atoms. The Morgan fingerprint density at radius 1 is 0.750 bits per heavy atom. The highest BCUT2D eigenvalue weighted by Crippen LogP contribution is 1.81. The van der Waals surface area contributed by atoms with Crippen molar-refractivity contribution in [3.05, 3.63) is 30.9 Å².